The average molecular weight is 462 g/mol. The molecule has 0 bridgehead atoms. The molecule has 0 saturated carbocycles. The van der Waals surface area contributed by atoms with E-state index in [4.69, 9.17) is 14.2 Å². The minimum atomic E-state index is -0.309. The Morgan fingerprint density at radius 2 is 1.65 bits per heavy atom. The van der Waals surface area contributed by atoms with Gasteiger partial charge in [-0.1, -0.05) is 32.9 Å². The predicted octanol–water partition coefficient (Wildman–Crippen LogP) is 5.00. The number of ether oxygens (including phenoxy) is 3. The molecule has 34 heavy (non-hydrogen) atoms. The number of hydrogen-bond acceptors (Lipinski definition) is 6. The van der Waals surface area contributed by atoms with Gasteiger partial charge in [-0.15, -0.1) is 0 Å². The molecule has 1 amide bonds. The number of hydrogen-bond donors (Lipinski definition) is 1. The number of rotatable bonds is 10. The van der Waals surface area contributed by atoms with E-state index in [1.807, 2.05) is 37.3 Å². The molecule has 0 fully saturated rings. The number of carbonyl (C=O) groups is 1. The van der Waals surface area contributed by atoms with Crippen LogP contribution in [0, 0.1) is 0 Å². The van der Waals surface area contributed by atoms with Crippen molar-refractivity contribution >= 4 is 12.1 Å². The van der Waals surface area contributed by atoms with Crippen molar-refractivity contribution < 1.29 is 19.0 Å². The quantitative estimate of drug-likeness (QED) is 0.261. The third kappa shape index (κ3) is 7.33. The molecule has 0 unspecified atom stereocenters. The highest BCUT2D eigenvalue weighted by Gasteiger charge is 2.13. The van der Waals surface area contributed by atoms with Crippen LogP contribution in [0.2, 0.25) is 0 Å². The number of pyridine rings is 1. The first kappa shape index (κ1) is 24.8. The molecule has 7 heteroatoms. The zero-order chi connectivity index (χ0) is 24.4. The summed E-state index contributed by atoms with van der Waals surface area (Å²) in [6.45, 7) is 9.73. The Bertz CT molecular complexity index is 1090. The Hall–Kier alpha value is -3.87. The van der Waals surface area contributed by atoms with E-state index in [0.29, 0.717) is 36.9 Å². The first-order valence-electron chi connectivity index (χ1n) is 11.2. The van der Waals surface area contributed by atoms with Crippen molar-refractivity contribution in [2.45, 2.75) is 33.1 Å². The summed E-state index contributed by atoms with van der Waals surface area (Å²) in [6.07, 6.45) is 4.66. The lowest BCUT2D eigenvalue weighted by molar-refractivity contribution is 0.0955. The molecule has 7 nitrogen and oxygen atoms in total. The average Bonchev–Trinajstić information content (AvgIpc) is 2.83. The number of benzene rings is 2. The van der Waals surface area contributed by atoms with Crippen LogP contribution in [0.25, 0.3) is 0 Å². The van der Waals surface area contributed by atoms with Crippen molar-refractivity contribution in [1.82, 2.24) is 10.4 Å². The maximum absolute atomic E-state index is 12.1. The fourth-order valence-corrected chi connectivity index (χ4v) is 3.09. The fraction of sp³-hybridized carbons (Fsp3) is 0.296. The van der Waals surface area contributed by atoms with Gasteiger partial charge in [0, 0.05) is 18.0 Å². The second-order valence-corrected chi connectivity index (χ2v) is 8.55. The Morgan fingerprint density at radius 1 is 0.941 bits per heavy atom. The standard InChI is InChI=1S/C27H31N3O4/c1-5-32-25-18-20(19-29-30-26(31)21-12-14-28-15-13-21)6-11-24(25)34-17-16-33-23-9-7-22(8-10-23)27(2,3)4/h6-15,18-19H,5,16-17H2,1-4H3,(H,30,31). The molecule has 0 radical (unpaired) electrons. The molecule has 0 spiro atoms. The number of aromatic nitrogens is 1. The lowest BCUT2D eigenvalue weighted by Crippen LogP contribution is -2.17. The van der Waals surface area contributed by atoms with Gasteiger partial charge in [-0.25, -0.2) is 5.43 Å². The van der Waals surface area contributed by atoms with E-state index in [1.165, 1.54) is 5.56 Å². The van der Waals surface area contributed by atoms with E-state index in [0.717, 1.165) is 11.3 Å². The summed E-state index contributed by atoms with van der Waals surface area (Å²) < 4.78 is 17.4. The van der Waals surface area contributed by atoms with Gasteiger partial charge in [0.2, 0.25) is 0 Å². The highest BCUT2D eigenvalue weighted by molar-refractivity contribution is 5.94. The Balaban J connectivity index is 1.53. The summed E-state index contributed by atoms with van der Waals surface area (Å²) >= 11 is 0. The van der Waals surface area contributed by atoms with Crippen LogP contribution in [-0.2, 0) is 5.41 Å². The van der Waals surface area contributed by atoms with E-state index in [1.54, 1.807) is 30.7 Å². The van der Waals surface area contributed by atoms with Gasteiger partial charge in [0.15, 0.2) is 11.5 Å². The van der Waals surface area contributed by atoms with Crippen LogP contribution in [0.15, 0.2) is 72.1 Å². The predicted molar refractivity (Wildman–Crippen MR) is 133 cm³/mol. The van der Waals surface area contributed by atoms with Gasteiger partial charge in [-0.3, -0.25) is 9.78 Å². The van der Waals surface area contributed by atoms with Crippen LogP contribution in [0.5, 0.6) is 17.2 Å². The van der Waals surface area contributed by atoms with Crippen LogP contribution in [0.3, 0.4) is 0 Å². The lowest BCUT2D eigenvalue weighted by Gasteiger charge is -2.19. The molecular weight excluding hydrogens is 430 g/mol. The Labute approximate surface area is 200 Å². The highest BCUT2D eigenvalue weighted by Crippen LogP contribution is 2.28. The molecule has 0 aliphatic heterocycles. The van der Waals surface area contributed by atoms with Crippen molar-refractivity contribution in [3.8, 4) is 17.2 Å². The lowest BCUT2D eigenvalue weighted by atomic mass is 9.87. The van der Waals surface area contributed by atoms with Crippen molar-refractivity contribution in [3.05, 3.63) is 83.7 Å². The molecule has 2 aromatic carbocycles. The van der Waals surface area contributed by atoms with Crippen molar-refractivity contribution in [3.63, 3.8) is 0 Å². The van der Waals surface area contributed by atoms with E-state index in [9.17, 15) is 4.79 Å². The van der Waals surface area contributed by atoms with E-state index >= 15 is 0 Å². The normalized spacial score (nSPS) is 11.3. The van der Waals surface area contributed by atoms with Gasteiger partial charge in [-0.2, -0.15) is 5.10 Å². The maximum Gasteiger partial charge on any atom is 0.271 e. The van der Waals surface area contributed by atoms with Crippen molar-refractivity contribution in [2.24, 2.45) is 5.10 Å². The molecule has 0 aliphatic carbocycles. The van der Waals surface area contributed by atoms with E-state index in [-0.39, 0.29) is 11.3 Å². The molecular formula is C27H31N3O4. The van der Waals surface area contributed by atoms with Gasteiger partial charge < -0.3 is 14.2 Å². The van der Waals surface area contributed by atoms with Crippen molar-refractivity contribution in [2.75, 3.05) is 19.8 Å². The molecule has 0 saturated heterocycles. The minimum Gasteiger partial charge on any atom is -0.490 e. The number of nitrogens with zero attached hydrogens (tertiary/aromatic N) is 2. The monoisotopic (exact) mass is 461 g/mol. The summed E-state index contributed by atoms with van der Waals surface area (Å²) in [4.78, 5) is 16.0. The summed E-state index contributed by atoms with van der Waals surface area (Å²) in [6, 6.07) is 16.8. The van der Waals surface area contributed by atoms with Gasteiger partial charge in [0.25, 0.3) is 5.91 Å². The molecule has 1 heterocycles. The largest absolute Gasteiger partial charge is 0.490 e. The number of hydrazone groups is 1. The third-order valence-corrected chi connectivity index (χ3v) is 4.92. The fourth-order valence-electron chi connectivity index (χ4n) is 3.09. The van der Waals surface area contributed by atoms with Crippen LogP contribution in [0.1, 0.15) is 49.2 Å². The van der Waals surface area contributed by atoms with E-state index < -0.39 is 0 Å². The SMILES string of the molecule is CCOc1cc(C=NNC(=O)c2ccncc2)ccc1OCCOc1ccc(C(C)(C)C)cc1. The first-order valence-corrected chi connectivity index (χ1v) is 11.2. The first-order chi connectivity index (χ1) is 16.4. The number of amides is 1. The van der Waals surface area contributed by atoms with E-state index in [2.05, 4.69) is 48.4 Å². The second kappa shape index (κ2) is 11.8. The summed E-state index contributed by atoms with van der Waals surface area (Å²) in [5.74, 6) is 1.71. The molecule has 1 N–H and O–H groups in total. The van der Waals surface area contributed by atoms with Crippen LogP contribution in [-0.4, -0.2) is 36.9 Å². The van der Waals surface area contributed by atoms with Crippen LogP contribution >= 0.6 is 0 Å². The maximum atomic E-state index is 12.1. The van der Waals surface area contributed by atoms with Crippen molar-refractivity contribution in [1.29, 1.82) is 0 Å². The smallest absolute Gasteiger partial charge is 0.271 e. The molecule has 3 aromatic rings. The topological polar surface area (TPSA) is 82.0 Å². The van der Waals surface area contributed by atoms with Gasteiger partial charge in [0.1, 0.15) is 19.0 Å². The van der Waals surface area contributed by atoms with Crippen LogP contribution < -0.4 is 19.6 Å². The summed E-state index contributed by atoms with van der Waals surface area (Å²) in [7, 11) is 0. The number of carbonyl (C=O) groups excluding carboxylic acids is 1. The zero-order valence-corrected chi connectivity index (χ0v) is 20.1. The molecule has 3 rings (SSSR count). The Morgan fingerprint density at radius 3 is 2.32 bits per heavy atom. The minimum absolute atomic E-state index is 0.111. The molecule has 178 valence electrons. The highest BCUT2D eigenvalue weighted by atomic mass is 16.5. The van der Waals surface area contributed by atoms with Gasteiger partial charge in [-0.05, 0) is 65.9 Å². The third-order valence-electron chi connectivity index (χ3n) is 4.92. The number of nitrogens with one attached hydrogen (secondary N) is 1. The Kier molecular flexibility index (Phi) is 8.62. The summed E-state index contributed by atoms with van der Waals surface area (Å²) in [5.41, 5.74) is 5.12. The van der Waals surface area contributed by atoms with Gasteiger partial charge >= 0.3 is 0 Å². The van der Waals surface area contributed by atoms with Gasteiger partial charge in [0.05, 0.1) is 12.8 Å². The molecule has 0 atom stereocenters. The molecule has 0 aliphatic rings. The summed E-state index contributed by atoms with van der Waals surface area (Å²) in [5, 5.41) is 4.02. The zero-order valence-electron chi connectivity index (χ0n) is 20.1. The van der Waals surface area contributed by atoms with Crippen LogP contribution in [0.4, 0.5) is 0 Å². The molecule has 1 aromatic heterocycles. The second-order valence-electron chi connectivity index (χ2n) is 8.55.